The monoisotopic (exact) mass is 153 g/mol. The molecule has 0 unspecified atom stereocenters. The van der Waals surface area contributed by atoms with Gasteiger partial charge < -0.3 is 9.57 Å². The largest absolute Gasteiger partial charge is 0.470 e. The van der Waals surface area contributed by atoms with Crippen LogP contribution in [0.2, 0.25) is 0 Å². The van der Waals surface area contributed by atoms with E-state index in [1.165, 1.54) is 0 Å². The van der Waals surface area contributed by atoms with Crippen LogP contribution in [0.1, 0.15) is 5.69 Å². The molecule has 5 heteroatoms. The number of rotatable bonds is 1. The second-order valence-corrected chi connectivity index (χ2v) is 2.05. The molecule has 0 fully saturated rings. The van der Waals surface area contributed by atoms with Crippen molar-refractivity contribution in [2.24, 2.45) is 5.16 Å². The van der Waals surface area contributed by atoms with Gasteiger partial charge in [-0.3, -0.25) is 5.10 Å². The third-order valence-corrected chi connectivity index (χ3v) is 1.29. The average molecular weight is 153 g/mol. The van der Waals surface area contributed by atoms with E-state index in [4.69, 9.17) is 9.57 Å². The molecule has 0 radical (unpaired) electrons. The fourth-order valence-electron chi connectivity index (χ4n) is 0.808. The molecule has 1 aliphatic heterocycles. The number of nitrogens with one attached hydrogen (secondary N) is 1. The minimum absolute atomic E-state index is 0.466. The molecule has 0 spiro atoms. The van der Waals surface area contributed by atoms with Crippen LogP contribution in [0, 0.1) is 0 Å². The van der Waals surface area contributed by atoms with Gasteiger partial charge in [-0.05, 0) is 11.2 Å². The van der Waals surface area contributed by atoms with Crippen LogP contribution in [0.5, 0.6) is 0 Å². The SMILES string of the molecule is c1cc(C2=NOCCO2)[nH]n1. The van der Waals surface area contributed by atoms with Crippen LogP contribution in [0.3, 0.4) is 0 Å². The molecular weight excluding hydrogens is 146 g/mol. The van der Waals surface area contributed by atoms with Crippen LogP contribution in [-0.4, -0.2) is 29.3 Å². The topological polar surface area (TPSA) is 59.5 Å². The summed E-state index contributed by atoms with van der Waals surface area (Å²) >= 11 is 0. The van der Waals surface area contributed by atoms with Crippen molar-refractivity contribution in [2.45, 2.75) is 0 Å². The Balaban J connectivity index is 2.22. The first-order chi connectivity index (χ1) is 5.47. The summed E-state index contributed by atoms with van der Waals surface area (Å²) < 4.78 is 5.18. The molecule has 1 aromatic rings. The van der Waals surface area contributed by atoms with Crippen molar-refractivity contribution >= 4 is 5.90 Å². The van der Waals surface area contributed by atoms with Crippen molar-refractivity contribution in [3.63, 3.8) is 0 Å². The predicted octanol–water partition coefficient (Wildman–Crippen LogP) is 0.118. The lowest BCUT2D eigenvalue weighted by atomic mass is 10.4. The molecule has 0 atom stereocenters. The van der Waals surface area contributed by atoms with Crippen molar-refractivity contribution in [1.29, 1.82) is 0 Å². The zero-order valence-corrected chi connectivity index (χ0v) is 5.78. The normalized spacial score (nSPS) is 16.5. The minimum Gasteiger partial charge on any atom is -0.470 e. The van der Waals surface area contributed by atoms with Gasteiger partial charge in [0.05, 0.1) is 0 Å². The van der Waals surface area contributed by atoms with Crippen LogP contribution in [0.4, 0.5) is 0 Å². The molecule has 2 rings (SSSR count). The van der Waals surface area contributed by atoms with E-state index in [1.54, 1.807) is 12.3 Å². The van der Waals surface area contributed by atoms with Gasteiger partial charge in [0.15, 0.2) is 6.61 Å². The van der Waals surface area contributed by atoms with Gasteiger partial charge in [-0.15, -0.1) is 0 Å². The maximum Gasteiger partial charge on any atom is 0.275 e. The number of aromatic nitrogens is 2. The van der Waals surface area contributed by atoms with E-state index in [-0.39, 0.29) is 0 Å². The lowest BCUT2D eigenvalue weighted by molar-refractivity contribution is 0.0652. The van der Waals surface area contributed by atoms with Gasteiger partial charge in [-0.2, -0.15) is 5.10 Å². The summed E-state index contributed by atoms with van der Waals surface area (Å²) in [6.07, 6.45) is 1.63. The minimum atomic E-state index is 0.466. The van der Waals surface area contributed by atoms with Crippen LogP contribution in [-0.2, 0) is 9.57 Å². The molecule has 2 heterocycles. The summed E-state index contributed by atoms with van der Waals surface area (Å²) in [5.74, 6) is 0.466. The van der Waals surface area contributed by atoms with Gasteiger partial charge in [0.2, 0.25) is 0 Å². The van der Waals surface area contributed by atoms with E-state index >= 15 is 0 Å². The molecule has 1 aliphatic rings. The molecule has 58 valence electrons. The van der Waals surface area contributed by atoms with Crippen molar-refractivity contribution in [3.8, 4) is 0 Å². The van der Waals surface area contributed by atoms with Crippen molar-refractivity contribution in [2.75, 3.05) is 13.2 Å². The first kappa shape index (κ1) is 6.21. The Morgan fingerprint density at radius 3 is 3.09 bits per heavy atom. The van der Waals surface area contributed by atoms with Crippen LogP contribution in [0.15, 0.2) is 17.4 Å². The number of ether oxygens (including phenoxy) is 1. The Kier molecular flexibility index (Phi) is 1.47. The van der Waals surface area contributed by atoms with Gasteiger partial charge in [0, 0.05) is 6.20 Å². The molecular formula is C6H7N3O2. The number of nitrogens with zero attached hydrogens (tertiary/aromatic N) is 2. The predicted molar refractivity (Wildman–Crippen MR) is 37.0 cm³/mol. The molecule has 0 bridgehead atoms. The summed E-state index contributed by atoms with van der Waals surface area (Å²) in [6.45, 7) is 1.05. The van der Waals surface area contributed by atoms with Gasteiger partial charge in [-0.1, -0.05) is 0 Å². The Bertz CT molecular complexity index is 255. The maximum atomic E-state index is 5.18. The Morgan fingerprint density at radius 1 is 1.45 bits per heavy atom. The smallest absolute Gasteiger partial charge is 0.275 e. The number of hydrogen-bond donors (Lipinski definition) is 1. The second-order valence-electron chi connectivity index (χ2n) is 2.05. The molecule has 5 nitrogen and oxygen atoms in total. The van der Waals surface area contributed by atoms with Crippen LogP contribution >= 0.6 is 0 Å². The second kappa shape index (κ2) is 2.61. The van der Waals surface area contributed by atoms with Gasteiger partial charge in [-0.25, -0.2) is 0 Å². The Labute approximate surface area is 63.0 Å². The van der Waals surface area contributed by atoms with Gasteiger partial charge in [0.25, 0.3) is 5.90 Å². The van der Waals surface area contributed by atoms with Gasteiger partial charge in [0.1, 0.15) is 12.3 Å². The van der Waals surface area contributed by atoms with E-state index in [2.05, 4.69) is 15.4 Å². The highest BCUT2D eigenvalue weighted by Gasteiger charge is 2.10. The first-order valence-electron chi connectivity index (χ1n) is 3.29. The summed E-state index contributed by atoms with van der Waals surface area (Å²) in [5, 5.41) is 10.2. The number of hydrogen-bond acceptors (Lipinski definition) is 4. The summed E-state index contributed by atoms with van der Waals surface area (Å²) in [7, 11) is 0. The third-order valence-electron chi connectivity index (χ3n) is 1.29. The quantitative estimate of drug-likeness (QED) is 0.623. The zero-order chi connectivity index (χ0) is 7.52. The summed E-state index contributed by atoms with van der Waals surface area (Å²) in [5.41, 5.74) is 0.740. The highest BCUT2D eigenvalue weighted by molar-refractivity contribution is 5.91. The van der Waals surface area contributed by atoms with E-state index in [9.17, 15) is 0 Å². The summed E-state index contributed by atoms with van der Waals surface area (Å²) in [4.78, 5) is 4.82. The van der Waals surface area contributed by atoms with Crippen molar-refractivity contribution in [1.82, 2.24) is 10.2 Å². The standard InChI is InChI=1S/C6H7N3O2/c1-2-7-8-5(1)6-9-11-4-3-10-6/h1-2H,3-4H2,(H,7,8). The summed E-state index contributed by atoms with van der Waals surface area (Å²) in [6, 6.07) is 1.77. The number of H-pyrrole nitrogens is 1. The number of aromatic amines is 1. The fraction of sp³-hybridized carbons (Fsp3) is 0.333. The third kappa shape index (κ3) is 1.17. The zero-order valence-electron chi connectivity index (χ0n) is 5.78. The average Bonchev–Trinajstić information content (AvgIpc) is 2.58. The van der Waals surface area contributed by atoms with Crippen molar-refractivity contribution in [3.05, 3.63) is 18.0 Å². The molecule has 0 saturated heterocycles. The fourth-order valence-corrected chi connectivity index (χ4v) is 0.808. The molecule has 1 N–H and O–H groups in total. The van der Waals surface area contributed by atoms with E-state index in [0.717, 1.165) is 5.69 Å². The van der Waals surface area contributed by atoms with Crippen LogP contribution in [0.25, 0.3) is 0 Å². The molecule has 0 aliphatic carbocycles. The van der Waals surface area contributed by atoms with E-state index < -0.39 is 0 Å². The van der Waals surface area contributed by atoms with E-state index in [0.29, 0.717) is 19.1 Å². The lowest BCUT2D eigenvalue weighted by Crippen LogP contribution is -2.17. The molecule has 0 saturated carbocycles. The first-order valence-corrected chi connectivity index (χ1v) is 3.29. The Hall–Kier alpha value is -1.52. The number of oxime groups is 1. The highest BCUT2D eigenvalue weighted by Crippen LogP contribution is 2.01. The molecule has 1 aromatic heterocycles. The maximum absolute atomic E-state index is 5.18. The molecule has 0 aromatic carbocycles. The van der Waals surface area contributed by atoms with Gasteiger partial charge >= 0.3 is 0 Å². The van der Waals surface area contributed by atoms with Crippen LogP contribution < -0.4 is 0 Å². The van der Waals surface area contributed by atoms with Crippen molar-refractivity contribution < 1.29 is 9.57 Å². The highest BCUT2D eigenvalue weighted by atomic mass is 16.7. The van der Waals surface area contributed by atoms with E-state index in [1.807, 2.05) is 0 Å². The lowest BCUT2D eigenvalue weighted by Gasteiger charge is -2.11. The molecule has 11 heavy (non-hydrogen) atoms. The molecule has 0 amide bonds. The Morgan fingerprint density at radius 2 is 2.45 bits per heavy atom.